The SMILES string of the molecule is COc1cccc(C(=O)NCCCn2c(C)cc3ccccc32)c1OC. The third-order valence-corrected chi connectivity index (χ3v) is 4.51. The van der Waals surface area contributed by atoms with Crippen molar-refractivity contribution in [2.24, 2.45) is 0 Å². The molecule has 1 aromatic heterocycles. The molecule has 3 rings (SSSR count). The van der Waals surface area contributed by atoms with Gasteiger partial charge in [-0.25, -0.2) is 0 Å². The van der Waals surface area contributed by atoms with E-state index in [1.165, 1.54) is 23.7 Å². The highest BCUT2D eigenvalue weighted by Crippen LogP contribution is 2.30. The minimum Gasteiger partial charge on any atom is -0.493 e. The van der Waals surface area contributed by atoms with Crippen molar-refractivity contribution in [1.82, 2.24) is 9.88 Å². The van der Waals surface area contributed by atoms with Crippen LogP contribution < -0.4 is 14.8 Å². The molecule has 0 aliphatic rings. The molecule has 136 valence electrons. The number of benzene rings is 2. The quantitative estimate of drug-likeness (QED) is 0.658. The van der Waals surface area contributed by atoms with Crippen LogP contribution in [0.1, 0.15) is 22.5 Å². The molecular formula is C21H24N2O3. The third-order valence-electron chi connectivity index (χ3n) is 4.51. The zero-order valence-electron chi connectivity index (χ0n) is 15.4. The van der Waals surface area contributed by atoms with E-state index in [0.717, 1.165) is 13.0 Å². The zero-order chi connectivity index (χ0) is 18.5. The molecule has 0 radical (unpaired) electrons. The van der Waals surface area contributed by atoms with Crippen molar-refractivity contribution in [3.05, 3.63) is 59.8 Å². The monoisotopic (exact) mass is 352 g/mol. The topological polar surface area (TPSA) is 52.5 Å². The Bertz CT molecular complexity index is 915. The van der Waals surface area contributed by atoms with E-state index in [1.807, 2.05) is 6.07 Å². The molecule has 0 aliphatic heterocycles. The van der Waals surface area contributed by atoms with Crippen LogP contribution in [0.2, 0.25) is 0 Å². The molecule has 2 aromatic carbocycles. The summed E-state index contributed by atoms with van der Waals surface area (Å²) in [4.78, 5) is 12.5. The summed E-state index contributed by atoms with van der Waals surface area (Å²) < 4.78 is 12.9. The average Bonchev–Trinajstić information content (AvgIpc) is 2.99. The van der Waals surface area contributed by atoms with Gasteiger partial charge in [-0.3, -0.25) is 4.79 Å². The number of nitrogens with one attached hydrogen (secondary N) is 1. The number of methoxy groups -OCH3 is 2. The maximum atomic E-state index is 12.5. The lowest BCUT2D eigenvalue weighted by atomic mass is 10.1. The maximum absolute atomic E-state index is 12.5. The van der Waals surface area contributed by atoms with E-state index in [4.69, 9.17) is 9.47 Å². The molecule has 0 unspecified atom stereocenters. The Labute approximate surface area is 153 Å². The van der Waals surface area contributed by atoms with E-state index in [1.54, 1.807) is 25.3 Å². The van der Waals surface area contributed by atoms with Gasteiger partial charge < -0.3 is 19.4 Å². The van der Waals surface area contributed by atoms with E-state index in [2.05, 4.69) is 41.1 Å². The molecule has 5 nitrogen and oxygen atoms in total. The van der Waals surface area contributed by atoms with Gasteiger partial charge in [0.05, 0.1) is 19.8 Å². The number of carbonyl (C=O) groups is 1. The molecular weight excluding hydrogens is 328 g/mol. The first-order valence-corrected chi connectivity index (χ1v) is 8.69. The first-order chi connectivity index (χ1) is 12.7. The van der Waals surface area contributed by atoms with Gasteiger partial charge in [-0.15, -0.1) is 0 Å². The summed E-state index contributed by atoms with van der Waals surface area (Å²) >= 11 is 0. The Morgan fingerprint density at radius 3 is 2.65 bits per heavy atom. The number of para-hydroxylation sites is 2. The standard InChI is InChI=1S/C21H24N2O3/c1-15-14-16-8-4-5-10-18(16)23(15)13-7-12-22-21(24)17-9-6-11-19(25-2)20(17)26-3/h4-6,8-11,14H,7,12-13H2,1-3H3,(H,22,24). The van der Waals surface area contributed by atoms with Crippen LogP contribution >= 0.6 is 0 Å². The highest BCUT2D eigenvalue weighted by molar-refractivity contribution is 5.97. The number of aromatic nitrogens is 1. The second-order valence-electron chi connectivity index (χ2n) is 6.15. The number of nitrogens with zero attached hydrogens (tertiary/aromatic N) is 1. The summed E-state index contributed by atoms with van der Waals surface area (Å²) in [6.45, 7) is 3.56. The molecule has 0 saturated carbocycles. The summed E-state index contributed by atoms with van der Waals surface area (Å²) in [5.41, 5.74) is 2.94. The molecule has 1 N–H and O–H groups in total. The number of ether oxygens (including phenoxy) is 2. The molecule has 1 amide bonds. The number of carbonyl (C=O) groups excluding carboxylic acids is 1. The van der Waals surface area contributed by atoms with Gasteiger partial charge in [0.2, 0.25) is 0 Å². The van der Waals surface area contributed by atoms with Crippen LogP contribution in [0.25, 0.3) is 10.9 Å². The summed E-state index contributed by atoms with van der Waals surface area (Å²) in [7, 11) is 3.10. The molecule has 0 aliphatic carbocycles. The second kappa shape index (κ2) is 7.95. The molecule has 5 heteroatoms. The fourth-order valence-electron chi connectivity index (χ4n) is 3.25. The lowest BCUT2D eigenvalue weighted by molar-refractivity contribution is 0.0949. The molecule has 3 aromatic rings. The van der Waals surface area contributed by atoms with Crippen molar-refractivity contribution >= 4 is 16.8 Å². The number of rotatable bonds is 7. The highest BCUT2D eigenvalue weighted by atomic mass is 16.5. The molecule has 0 spiro atoms. The Balaban J connectivity index is 1.62. The molecule has 0 bridgehead atoms. The Morgan fingerprint density at radius 2 is 1.88 bits per heavy atom. The Kier molecular flexibility index (Phi) is 5.46. The smallest absolute Gasteiger partial charge is 0.255 e. The second-order valence-corrected chi connectivity index (χ2v) is 6.15. The van der Waals surface area contributed by atoms with Crippen LogP contribution in [0.4, 0.5) is 0 Å². The van der Waals surface area contributed by atoms with Crippen LogP contribution in [-0.4, -0.2) is 31.2 Å². The third kappa shape index (κ3) is 3.52. The van der Waals surface area contributed by atoms with Crippen LogP contribution in [-0.2, 0) is 6.54 Å². The lowest BCUT2D eigenvalue weighted by Crippen LogP contribution is -2.25. The van der Waals surface area contributed by atoms with Gasteiger partial charge in [0.1, 0.15) is 0 Å². The van der Waals surface area contributed by atoms with E-state index in [-0.39, 0.29) is 5.91 Å². The minimum absolute atomic E-state index is 0.158. The predicted molar refractivity (Wildman–Crippen MR) is 103 cm³/mol. The van der Waals surface area contributed by atoms with Gasteiger partial charge in [0, 0.05) is 24.3 Å². The van der Waals surface area contributed by atoms with Gasteiger partial charge in [0.25, 0.3) is 5.91 Å². The maximum Gasteiger partial charge on any atom is 0.255 e. The highest BCUT2D eigenvalue weighted by Gasteiger charge is 2.15. The van der Waals surface area contributed by atoms with Crippen LogP contribution in [0.3, 0.4) is 0 Å². The van der Waals surface area contributed by atoms with E-state index < -0.39 is 0 Å². The van der Waals surface area contributed by atoms with Crippen molar-refractivity contribution in [1.29, 1.82) is 0 Å². The van der Waals surface area contributed by atoms with Crippen LogP contribution in [0.5, 0.6) is 11.5 Å². The van der Waals surface area contributed by atoms with Crippen LogP contribution in [0, 0.1) is 6.92 Å². The predicted octanol–water partition coefficient (Wildman–Crippen LogP) is 3.79. The summed E-state index contributed by atoms with van der Waals surface area (Å²) in [5, 5.41) is 4.21. The fraction of sp³-hybridized carbons (Fsp3) is 0.286. The first-order valence-electron chi connectivity index (χ1n) is 8.69. The number of aryl methyl sites for hydroxylation is 2. The molecule has 26 heavy (non-hydrogen) atoms. The fourth-order valence-corrected chi connectivity index (χ4v) is 3.25. The minimum atomic E-state index is -0.158. The number of hydrogen-bond acceptors (Lipinski definition) is 3. The normalized spacial score (nSPS) is 10.7. The largest absolute Gasteiger partial charge is 0.493 e. The van der Waals surface area contributed by atoms with Gasteiger partial charge in [-0.2, -0.15) is 0 Å². The van der Waals surface area contributed by atoms with Gasteiger partial charge in [-0.1, -0.05) is 24.3 Å². The van der Waals surface area contributed by atoms with Crippen molar-refractivity contribution < 1.29 is 14.3 Å². The van der Waals surface area contributed by atoms with Gasteiger partial charge in [0.15, 0.2) is 11.5 Å². The summed E-state index contributed by atoms with van der Waals surface area (Å²) in [5.74, 6) is 0.851. The molecule has 0 saturated heterocycles. The number of amides is 1. The van der Waals surface area contributed by atoms with E-state index >= 15 is 0 Å². The van der Waals surface area contributed by atoms with Crippen molar-refractivity contribution in [2.45, 2.75) is 19.9 Å². The van der Waals surface area contributed by atoms with Crippen molar-refractivity contribution in [3.63, 3.8) is 0 Å². The van der Waals surface area contributed by atoms with Crippen molar-refractivity contribution in [2.75, 3.05) is 20.8 Å². The first kappa shape index (κ1) is 17.9. The van der Waals surface area contributed by atoms with Crippen LogP contribution in [0.15, 0.2) is 48.5 Å². The van der Waals surface area contributed by atoms with Crippen molar-refractivity contribution in [3.8, 4) is 11.5 Å². The molecule has 0 atom stereocenters. The summed E-state index contributed by atoms with van der Waals surface area (Å²) in [6, 6.07) is 15.8. The number of hydrogen-bond donors (Lipinski definition) is 1. The molecule has 0 fully saturated rings. The van der Waals surface area contributed by atoms with Gasteiger partial charge in [-0.05, 0) is 43.0 Å². The molecule has 1 heterocycles. The van der Waals surface area contributed by atoms with Gasteiger partial charge >= 0.3 is 0 Å². The van der Waals surface area contributed by atoms with E-state index in [9.17, 15) is 4.79 Å². The number of fused-ring (bicyclic) bond motifs is 1. The van der Waals surface area contributed by atoms with E-state index in [0.29, 0.717) is 23.6 Å². The zero-order valence-corrected chi connectivity index (χ0v) is 15.4. The Hall–Kier alpha value is -2.95. The lowest BCUT2D eigenvalue weighted by Gasteiger charge is -2.13. The summed E-state index contributed by atoms with van der Waals surface area (Å²) in [6.07, 6.45) is 0.845. The Morgan fingerprint density at radius 1 is 1.08 bits per heavy atom. The average molecular weight is 352 g/mol.